The molecule has 4 nitrogen and oxygen atoms in total. The van der Waals surface area contributed by atoms with Gasteiger partial charge in [0.15, 0.2) is 10.9 Å². The standard InChI is InChI=1S/C7H10ClN3O/c1-11-4-10-7(8)6(11)5(12)2-3-9/h4H,2-3,9H2,1H3. The molecule has 66 valence electrons. The maximum absolute atomic E-state index is 11.3. The number of halogens is 1. The zero-order valence-electron chi connectivity index (χ0n) is 6.75. The zero-order chi connectivity index (χ0) is 9.14. The van der Waals surface area contributed by atoms with Gasteiger partial charge in [-0.05, 0) is 6.54 Å². The summed E-state index contributed by atoms with van der Waals surface area (Å²) in [6.45, 7) is 0.334. The molecule has 1 rings (SSSR count). The van der Waals surface area contributed by atoms with E-state index >= 15 is 0 Å². The van der Waals surface area contributed by atoms with E-state index in [9.17, 15) is 4.79 Å². The van der Waals surface area contributed by atoms with E-state index in [1.54, 1.807) is 11.6 Å². The SMILES string of the molecule is Cn1cnc(Cl)c1C(=O)CCN. The molecular weight excluding hydrogens is 178 g/mol. The number of carbonyl (C=O) groups excluding carboxylic acids is 1. The van der Waals surface area contributed by atoms with Gasteiger partial charge in [0.05, 0.1) is 6.33 Å². The van der Waals surface area contributed by atoms with Gasteiger partial charge in [0.25, 0.3) is 0 Å². The second-order valence-electron chi connectivity index (χ2n) is 2.46. The predicted molar refractivity (Wildman–Crippen MR) is 46.2 cm³/mol. The van der Waals surface area contributed by atoms with Gasteiger partial charge in [-0.15, -0.1) is 0 Å². The lowest BCUT2D eigenvalue weighted by atomic mass is 10.2. The fourth-order valence-electron chi connectivity index (χ4n) is 0.963. The molecule has 0 saturated carbocycles. The molecule has 1 aromatic heterocycles. The molecule has 0 aliphatic carbocycles. The van der Waals surface area contributed by atoms with Crippen molar-refractivity contribution in [2.24, 2.45) is 12.8 Å². The van der Waals surface area contributed by atoms with Gasteiger partial charge in [-0.25, -0.2) is 4.98 Å². The smallest absolute Gasteiger partial charge is 0.183 e. The van der Waals surface area contributed by atoms with Gasteiger partial charge < -0.3 is 10.3 Å². The van der Waals surface area contributed by atoms with E-state index in [4.69, 9.17) is 17.3 Å². The summed E-state index contributed by atoms with van der Waals surface area (Å²) in [5.74, 6) is -0.0671. The van der Waals surface area contributed by atoms with Crippen molar-refractivity contribution in [2.75, 3.05) is 6.54 Å². The van der Waals surface area contributed by atoms with Crippen molar-refractivity contribution in [3.8, 4) is 0 Å². The number of hydrogen-bond acceptors (Lipinski definition) is 3. The third-order valence-corrected chi connectivity index (χ3v) is 1.80. The average molecular weight is 188 g/mol. The van der Waals surface area contributed by atoms with Crippen LogP contribution < -0.4 is 5.73 Å². The van der Waals surface area contributed by atoms with E-state index in [-0.39, 0.29) is 10.9 Å². The molecule has 0 amide bonds. The van der Waals surface area contributed by atoms with Crippen LogP contribution in [0.4, 0.5) is 0 Å². The van der Waals surface area contributed by atoms with Crippen LogP contribution in [0.15, 0.2) is 6.33 Å². The molecule has 0 aromatic carbocycles. The second kappa shape index (κ2) is 3.69. The van der Waals surface area contributed by atoms with Crippen molar-refractivity contribution in [2.45, 2.75) is 6.42 Å². The number of imidazole rings is 1. The third-order valence-electron chi connectivity index (χ3n) is 1.53. The van der Waals surface area contributed by atoms with E-state index in [2.05, 4.69) is 4.98 Å². The number of ketones is 1. The number of hydrogen-bond donors (Lipinski definition) is 1. The number of nitrogens with two attached hydrogens (primary N) is 1. The molecule has 0 saturated heterocycles. The van der Waals surface area contributed by atoms with E-state index < -0.39 is 0 Å². The normalized spacial score (nSPS) is 10.2. The summed E-state index contributed by atoms with van der Waals surface area (Å²) in [4.78, 5) is 15.1. The minimum Gasteiger partial charge on any atom is -0.330 e. The molecule has 1 aromatic rings. The molecule has 0 bridgehead atoms. The fraction of sp³-hybridized carbons (Fsp3) is 0.429. The van der Waals surface area contributed by atoms with Crippen molar-refractivity contribution < 1.29 is 4.79 Å². The molecule has 0 aliphatic rings. The van der Waals surface area contributed by atoms with Gasteiger partial charge >= 0.3 is 0 Å². The average Bonchev–Trinajstić information content (AvgIpc) is 2.32. The topological polar surface area (TPSA) is 60.9 Å². The molecule has 1 heterocycles. The first kappa shape index (κ1) is 9.22. The second-order valence-corrected chi connectivity index (χ2v) is 2.81. The van der Waals surface area contributed by atoms with Gasteiger partial charge in [0.1, 0.15) is 5.69 Å². The van der Waals surface area contributed by atoms with Gasteiger partial charge in [0, 0.05) is 13.5 Å². The van der Waals surface area contributed by atoms with E-state index in [1.165, 1.54) is 6.33 Å². The Morgan fingerprint density at radius 1 is 1.83 bits per heavy atom. The van der Waals surface area contributed by atoms with Gasteiger partial charge in [-0.2, -0.15) is 0 Å². The number of nitrogens with zero attached hydrogens (tertiary/aromatic N) is 2. The molecular formula is C7H10ClN3O. The maximum Gasteiger partial charge on any atom is 0.183 e. The molecule has 0 atom stereocenters. The Bertz CT molecular complexity index is 275. The Morgan fingerprint density at radius 2 is 2.50 bits per heavy atom. The first-order chi connectivity index (χ1) is 5.66. The third kappa shape index (κ3) is 1.65. The van der Waals surface area contributed by atoms with Crippen LogP contribution in [-0.4, -0.2) is 21.9 Å². The van der Waals surface area contributed by atoms with Crippen molar-refractivity contribution >= 4 is 17.4 Å². The van der Waals surface area contributed by atoms with E-state index in [1.807, 2.05) is 0 Å². The van der Waals surface area contributed by atoms with Crippen LogP contribution in [0.25, 0.3) is 0 Å². The molecule has 0 unspecified atom stereocenters. The summed E-state index contributed by atoms with van der Waals surface area (Å²) in [6.07, 6.45) is 1.81. The van der Waals surface area contributed by atoms with Crippen LogP contribution in [0.3, 0.4) is 0 Å². The number of carbonyl (C=O) groups is 1. The van der Waals surface area contributed by atoms with Gasteiger partial charge in [-0.1, -0.05) is 11.6 Å². The maximum atomic E-state index is 11.3. The highest BCUT2D eigenvalue weighted by Crippen LogP contribution is 2.13. The fourth-order valence-corrected chi connectivity index (χ4v) is 1.25. The first-order valence-electron chi connectivity index (χ1n) is 3.57. The molecule has 0 radical (unpaired) electrons. The van der Waals surface area contributed by atoms with Crippen LogP contribution in [0.2, 0.25) is 5.15 Å². The summed E-state index contributed by atoms with van der Waals surface area (Å²) in [6, 6.07) is 0. The van der Waals surface area contributed by atoms with Crippen LogP contribution >= 0.6 is 11.6 Å². The highest BCUT2D eigenvalue weighted by atomic mass is 35.5. The Balaban J connectivity index is 2.93. The minimum absolute atomic E-state index is 0.0671. The molecule has 5 heteroatoms. The van der Waals surface area contributed by atoms with Crippen LogP contribution in [0.5, 0.6) is 0 Å². The quantitative estimate of drug-likeness (QED) is 0.706. The first-order valence-corrected chi connectivity index (χ1v) is 3.94. The van der Waals surface area contributed by atoms with E-state index in [0.29, 0.717) is 18.7 Å². The number of aryl methyl sites for hydroxylation is 1. The van der Waals surface area contributed by atoms with Gasteiger partial charge in [0.2, 0.25) is 0 Å². The monoisotopic (exact) mass is 187 g/mol. The van der Waals surface area contributed by atoms with Crippen molar-refractivity contribution in [1.82, 2.24) is 9.55 Å². The molecule has 0 aliphatic heterocycles. The number of aromatic nitrogens is 2. The Kier molecular flexibility index (Phi) is 2.83. The van der Waals surface area contributed by atoms with Crippen LogP contribution in [-0.2, 0) is 7.05 Å². The lowest BCUT2D eigenvalue weighted by Crippen LogP contribution is -2.11. The highest BCUT2D eigenvalue weighted by molar-refractivity contribution is 6.32. The summed E-state index contributed by atoms with van der Waals surface area (Å²) in [5.41, 5.74) is 5.67. The lowest BCUT2D eigenvalue weighted by Gasteiger charge is -1.99. The van der Waals surface area contributed by atoms with Crippen LogP contribution in [0.1, 0.15) is 16.9 Å². The van der Waals surface area contributed by atoms with E-state index in [0.717, 1.165) is 0 Å². The highest BCUT2D eigenvalue weighted by Gasteiger charge is 2.13. The van der Waals surface area contributed by atoms with Gasteiger partial charge in [-0.3, -0.25) is 4.79 Å². The predicted octanol–water partition coefficient (Wildman–Crippen LogP) is 0.605. The zero-order valence-corrected chi connectivity index (χ0v) is 7.51. The number of Topliss-reactive ketones (excluding diaryl/α,β-unsaturated/α-hetero) is 1. The summed E-state index contributed by atoms with van der Waals surface area (Å²) < 4.78 is 1.60. The summed E-state index contributed by atoms with van der Waals surface area (Å²) >= 11 is 5.68. The van der Waals surface area contributed by atoms with Crippen molar-refractivity contribution in [3.05, 3.63) is 17.2 Å². The summed E-state index contributed by atoms with van der Waals surface area (Å²) in [7, 11) is 1.72. The Labute approximate surface area is 75.3 Å². The minimum atomic E-state index is -0.0671. The molecule has 0 spiro atoms. The van der Waals surface area contributed by atoms with Crippen molar-refractivity contribution in [3.63, 3.8) is 0 Å². The largest absolute Gasteiger partial charge is 0.330 e. The summed E-state index contributed by atoms with van der Waals surface area (Å²) in [5, 5.41) is 0.246. The Hall–Kier alpha value is -0.870. The lowest BCUT2D eigenvalue weighted by molar-refractivity contribution is 0.0978. The molecule has 12 heavy (non-hydrogen) atoms. The number of rotatable bonds is 3. The molecule has 0 fully saturated rings. The Morgan fingerprint density at radius 3 is 2.92 bits per heavy atom. The van der Waals surface area contributed by atoms with Crippen molar-refractivity contribution in [1.29, 1.82) is 0 Å². The van der Waals surface area contributed by atoms with Crippen LogP contribution in [0, 0.1) is 0 Å². The molecule has 2 N–H and O–H groups in total.